The zero-order valence-corrected chi connectivity index (χ0v) is 12.9. The number of hydrogen-bond donors (Lipinski definition) is 1. The molecule has 0 atom stereocenters. The molecule has 0 radical (unpaired) electrons. The van der Waals surface area contributed by atoms with E-state index in [1.54, 1.807) is 6.07 Å². The van der Waals surface area contributed by atoms with Crippen LogP contribution in [0.2, 0.25) is 5.02 Å². The van der Waals surface area contributed by atoms with Gasteiger partial charge in [-0.1, -0.05) is 32.4 Å². The van der Waals surface area contributed by atoms with Crippen LogP contribution in [0.1, 0.15) is 40.0 Å². The second kappa shape index (κ2) is 5.79. The Morgan fingerprint density at radius 3 is 2.40 bits per heavy atom. The molecule has 0 aliphatic heterocycles. The van der Waals surface area contributed by atoms with Gasteiger partial charge in [0.1, 0.15) is 0 Å². The molecule has 1 heterocycles. The second-order valence-corrected chi connectivity index (χ2v) is 5.34. The van der Waals surface area contributed by atoms with E-state index in [4.69, 9.17) is 17.3 Å². The van der Waals surface area contributed by atoms with Crippen LogP contribution in [0.25, 0.3) is 11.4 Å². The van der Waals surface area contributed by atoms with E-state index in [1.807, 2.05) is 16.8 Å². The summed E-state index contributed by atoms with van der Waals surface area (Å²) < 4.78 is 1.93. The Morgan fingerprint density at radius 1 is 1.20 bits per heavy atom. The number of tetrazole rings is 1. The third-order valence-electron chi connectivity index (χ3n) is 4.15. The fourth-order valence-corrected chi connectivity index (χ4v) is 2.69. The average Bonchev–Trinajstić information content (AvgIpc) is 2.95. The molecule has 0 unspecified atom stereocenters. The normalized spacial score (nSPS) is 11.8. The molecule has 2 rings (SSSR count). The predicted octanol–water partition coefficient (Wildman–Crippen LogP) is 3.50. The molecule has 2 N–H and O–H groups in total. The van der Waals surface area contributed by atoms with Gasteiger partial charge in [-0.15, -0.1) is 5.10 Å². The number of nitrogens with two attached hydrogens (primary N) is 1. The van der Waals surface area contributed by atoms with Gasteiger partial charge in [0.2, 0.25) is 0 Å². The largest absolute Gasteiger partial charge is 0.398 e. The first-order valence-electron chi connectivity index (χ1n) is 6.92. The summed E-state index contributed by atoms with van der Waals surface area (Å²) in [5.41, 5.74) is 7.23. The zero-order chi connectivity index (χ0) is 14.8. The molecule has 0 saturated carbocycles. The highest BCUT2D eigenvalue weighted by Crippen LogP contribution is 2.33. The van der Waals surface area contributed by atoms with Crippen molar-refractivity contribution in [1.82, 2.24) is 20.2 Å². The Labute approximate surface area is 124 Å². The van der Waals surface area contributed by atoms with Crippen LogP contribution in [0.5, 0.6) is 0 Å². The molecule has 108 valence electrons. The maximum Gasteiger partial charge on any atom is 0.182 e. The van der Waals surface area contributed by atoms with Crippen molar-refractivity contribution < 1.29 is 0 Å². The lowest BCUT2D eigenvalue weighted by Crippen LogP contribution is -2.33. The average molecular weight is 294 g/mol. The Hall–Kier alpha value is -1.62. The van der Waals surface area contributed by atoms with E-state index in [0.717, 1.165) is 30.7 Å². The van der Waals surface area contributed by atoms with Gasteiger partial charge in [-0.05, 0) is 47.9 Å². The maximum absolute atomic E-state index is 5.97. The van der Waals surface area contributed by atoms with Crippen molar-refractivity contribution in [3.05, 3.63) is 23.2 Å². The molecular formula is C14H20ClN5. The van der Waals surface area contributed by atoms with Crippen LogP contribution in [0.3, 0.4) is 0 Å². The number of hydrogen-bond acceptors (Lipinski definition) is 4. The summed E-state index contributed by atoms with van der Waals surface area (Å²) >= 11 is 5.97. The molecule has 0 saturated heterocycles. The quantitative estimate of drug-likeness (QED) is 0.857. The van der Waals surface area contributed by atoms with E-state index < -0.39 is 0 Å². The number of benzene rings is 1. The zero-order valence-electron chi connectivity index (χ0n) is 12.1. The van der Waals surface area contributed by atoms with Crippen LogP contribution in [0.4, 0.5) is 5.69 Å². The monoisotopic (exact) mass is 293 g/mol. The fraction of sp³-hybridized carbons (Fsp3) is 0.500. The minimum absolute atomic E-state index is 0.0623. The topological polar surface area (TPSA) is 69.6 Å². The van der Waals surface area contributed by atoms with Crippen LogP contribution >= 0.6 is 11.6 Å². The fourth-order valence-electron chi connectivity index (χ4n) is 2.57. The first-order chi connectivity index (χ1) is 9.57. The van der Waals surface area contributed by atoms with Crippen LogP contribution in [0, 0.1) is 0 Å². The summed E-state index contributed by atoms with van der Waals surface area (Å²) in [6, 6.07) is 5.49. The molecular weight excluding hydrogens is 274 g/mol. The Kier molecular flexibility index (Phi) is 4.28. The molecule has 6 heteroatoms. The van der Waals surface area contributed by atoms with Crippen LogP contribution in [0.15, 0.2) is 18.2 Å². The highest BCUT2D eigenvalue weighted by Gasteiger charge is 2.30. The lowest BCUT2D eigenvalue weighted by molar-refractivity contribution is 0.223. The molecule has 0 fully saturated rings. The first kappa shape index (κ1) is 14.8. The standard InChI is InChI=1S/C14H20ClN5/c1-4-14(5-2,6-3)20-13(17-18-19-20)10-7-8-11(15)12(16)9-10/h7-9H,4-6,16H2,1-3H3. The number of nitrogen functional groups attached to an aromatic ring is 1. The van der Waals surface area contributed by atoms with Crippen LogP contribution < -0.4 is 5.73 Å². The molecule has 0 bridgehead atoms. The molecule has 0 aliphatic rings. The first-order valence-corrected chi connectivity index (χ1v) is 7.30. The number of halogens is 1. The summed E-state index contributed by atoms with van der Waals surface area (Å²) in [6.45, 7) is 6.48. The molecule has 0 spiro atoms. The second-order valence-electron chi connectivity index (χ2n) is 4.94. The van der Waals surface area contributed by atoms with Gasteiger partial charge in [0.25, 0.3) is 0 Å². The lowest BCUT2D eigenvalue weighted by atomic mass is 9.89. The smallest absolute Gasteiger partial charge is 0.182 e. The minimum Gasteiger partial charge on any atom is -0.398 e. The third kappa shape index (κ3) is 2.38. The van der Waals surface area contributed by atoms with Gasteiger partial charge >= 0.3 is 0 Å². The van der Waals surface area contributed by atoms with E-state index in [0.29, 0.717) is 10.7 Å². The Bertz CT molecular complexity index is 581. The van der Waals surface area contributed by atoms with E-state index in [1.165, 1.54) is 0 Å². The minimum atomic E-state index is -0.0623. The van der Waals surface area contributed by atoms with Crippen LogP contribution in [-0.2, 0) is 5.54 Å². The SMILES string of the molecule is CCC(CC)(CC)n1nnnc1-c1ccc(Cl)c(N)c1. The predicted molar refractivity (Wildman–Crippen MR) is 81.5 cm³/mol. The van der Waals surface area contributed by atoms with E-state index in [9.17, 15) is 0 Å². The summed E-state index contributed by atoms with van der Waals surface area (Å²) in [5.74, 6) is 0.735. The van der Waals surface area contributed by atoms with Gasteiger partial charge in [0.05, 0.1) is 16.2 Å². The van der Waals surface area contributed by atoms with Crippen molar-refractivity contribution in [2.45, 2.75) is 45.6 Å². The molecule has 1 aromatic heterocycles. The van der Waals surface area contributed by atoms with Gasteiger partial charge in [0, 0.05) is 5.56 Å². The van der Waals surface area contributed by atoms with Crippen molar-refractivity contribution >= 4 is 17.3 Å². The number of nitrogens with zero attached hydrogens (tertiary/aromatic N) is 4. The summed E-state index contributed by atoms with van der Waals surface area (Å²) in [5, 5.41) is 12.8. The highest BCUT2D eigenvalue weighted by atomic mass is 35.5. The summed E-state index contributed by atoms with van der Waals surface area (Å²) in [6.07, 6.45) is 2.92. The number of aromatic nitrogens is 4. The molecule has 2 aromatic rings. The van der Waals surface area contributed by atoms with Gasteiger partial charge in [-0.3, -0.25) is 0 Å². The van der Waals surface area contributed by atoms with Gasteiger partial charge < -0.3 is 5.73 Å². The molecule has 20 heavy (non-hydrogen) atoms. The summed E-state index contributed by atoms with van der Waals surface area (Å²) in [4.78, 5) is 0. The Balaban J connectivity index is 2.54. The van der Waals surface area contributed by atoms with E-state index in [-0.39, 0.29) is 5.54 Å². The van der Waals surface area contributed by atoms with Crippen LogP contribution in [-0.4, -0.2) is 20.2 Å². The van der Waals surface area contributed by atoms with Crippen molar-refractivity contribution in [2.24, 2.45) is 0 Å². The number of anilines is 1. The van der Waals surface area contributed by atoms with Gasteiger partial charge in [0.15, 0.2) is 5.82 Å². The van der Waals surface area contributed by atoms with Crippen molar-refractivity contribution in [1.29, 1.82) is 0 Å². The molecule has 5 nitrogen and oxygen atoms in total. The van der Waals surface area contributed by atoms with Crippen molar-refractivity contribution in [2.75, 3.05) is 5.73 Å². The molecule has 0 aliphatic carbocycles. The van der Waals surface area contributed by atoms with Gasteiger partial charge in [-0.2, -0.15) is 0 Å². The van der Waals surface area contributed by atoms with Gasteiger partial charge in [-0.25, -0.2) is 4.68 Å². The van der Waals surface area contributed by atoms with E-state index >= 15 is 0 Å². The van der Waals surface area contributed by atoms with E-state index in [2.05, 4.69) is 36.3 Å². The molecule has 0 amide bonds. The Morgan fingerprint density at radius 2 is 1.85 bits per heavy atom. The van der Waals surface area contributed by atoms with Crippen molar-refractivity contribution in [3.63, 3.8) is 0 Å². The summed E-state index contributed by atoms with van der Waals surface area (Å²) in [7, 11) is 0. The molecule has 1 aromatic carbocycles. The maximum atomic E-state index is 5.97. The van der Waals surface area contributed by atoms with Crippen molar-refractivity contribution in [3.8, 4) is 11.4 Å². The lowest BCUT2D eigenvalue weighted by Gasteiger charge is -2.31. The highest BCUT2D eigenvalue weighted by molar-refractivity contribution is 6.33. The number of rotatable bonds is 5. The third-order valence-corrected chi connectivity index (χ3v) is 4.49.